The van der Waals surface area contributed by atoms with Crippen LogP contribution in [0.25, 0.3) is 0 Å². The molecule has 0 saturated heterocycles. The first-order chi connectivity index (χ1) is 8.60. The zero-order valence-electron chi connectivity index (χ0n) is 9.48. The van der Waals surface area contributed by atoms with Crippen LogP contribution in [0.3, 0.4) is 0 Å². The van der Waals surface area contributed by atoms with Crippen LogP contribution in [0.15, 0.2) is 18.2 Å². The molecular formula is C11H10FN3O2S. The number of amides is 1. The summed E-state index contributed by atoms with van der Waals surface area (Å²) < 4.78 is 12.8. The Hall–Kier alpha value is -2.02. The molecule has 0 atom stereocenters. The number of hydrogen-bond donors (Lipinski definition) is 2. The minimum Gasteiger partial charge on any atom is -0.507 e. The number of halogens is 1. The third-order valence-electron chi connectivity index (χ3n) is 2.19. The second-order valence-electron chi connectivity index (χ2n) is 3.47. The van der Waals surface area contributed by atoms with E-state index in [0.717, 1.165) is 23.6 Å². The maximum Gasteiger partial charge on any atom is 0.261 e. The monoisotopic (exact) mass is 267 g/mol. The smallest absolute Gasteiger partial charge is 0.261 e. The Balaban J connectivity index is 2.16. The highest BCUT2D eigenvalue weighted by Crippen LogP contribution is 2.21. The third-order valence-corrected chi connectivity index (χ3v) is 3.18. The molecule has 0 bridgehead atoms. The second-order valence-corrected chi connectivity index (χ2v) is 4.53. The van der Waals surface area contributed by atoms with Gasteiger partial charge in [0.1, 0.15) is 16.6 Å². The van der Waals surface area contributed by atoms with E-state index in [1.807, 2.05) is 6.92 Å². The minimum absolute atomic E-state index is 0.00958. The van der Waals surface area contributed by atoms with Crippen molar-refractivity contribution in [2.75, 3.05) is 5.32 Å². The van der Waals surface area contributed by atoms with E-state index in [1.165, 1.54) is 17.4 Å². The summed E-state index contributed by atoms with van der Waals surface area (Å²) in [5.74, 6) is -1.56. The van der Waals surface area contributed by atoms with Crippen molar-refractivity contribution < 1.29 is 14.3 Å². The van der Waals surface area contributed by atoms with Crippen LogP contribution in [0.4, 0.5) is 9.52 Å². The average molecular weight is 267 g/mol. The quantitative estimate of drug-likeness (QED) is 0.894. The number of aromatic nitrogens is 2. The Labute approximate surface area is 106 Å². The Bertz CT molecular complexity index is 585. The van der Waals surface area contributed by atoms with Crippen LogP contribution in [0.1, 0.15) is 22.3 Å². The average Bonchev–Trinajstić information content (AvgIpc) is 2.76. The van der Waals surface area contributed by atoms with E-state index in [0.29, 0.717) is 5.13 Å². The van der Waals surface area contributed by atoms with Gasteiger partial charge in [0.25, 0.3) is 5.91 Å². The van der Waals surface area contributed by atoms with Crippen LogP contribution in [-0.4, -0.2) is 21.2 Å². The molecule has 0 unspecified atom stereocenters. The molecule has 2 aromatic rings. The topological polar surface area (TPSA) is 75.1 Å². The molecular weight excluding hydrogens is 257 g/mol. The van der Waals surface area contributed by atoms with Gasteiger partial charge < -0.3 is 5.11 Å². The number of nitrogens with zero attached hydrogens (tertiary/aromatic N) is 2. The maximum atomic E-state index is 12.8. The molecule has 1 aromatic carbocycles. The summed E-state index contributed by atoms with van der Waals surface area (Å²) in [6.45, 7) is 1.93. The van der Waals surface area contributed by atoms with Gasteiger partial charge in [-0.05, 0) is 18.6 Å². The number of carbonyl (C=O) groups is 1. The predicted octanol–water partition coefficient (Wildman–Crippen LogP) is 2.20. The van der Waals surface area contributed by atoms with Crippen molar-refractivity contribution in [2.45, 2.75) is 13.3 Å². The van der Waals surface area contributed by atoms with E-state index in [-0.39, 0.29) is 5.56 Å². The zero-order chi connectivity index (χ0) is 13.1. The van der Waals surface area contributed by atoms with Crippen LogP contribution in [0.5, 0.6) is 5.75 Å². The van der Waals surface area contributed by atoms with Crippen molar-refractivity contribution in [3.8, 4) is 5.75 Å². The van der Waals surface area contributed by atoms with E-state index in [9.17, 15) is 14.3 Å². The molecule has 0 aliphatic rings. The summed E-state index contributed by atoms with van der Waals surface area (Å²) in [6, 6.07) is 3.19. The SMILES string of the molecule is CCc1nnc(NC(=O)c2ccc(F)cc2O)s1. The van der Waals surface area contributed by atoms with Gasteiger partial charge in [-0.1, -0.05) is 18.3 Å². The van der Waals surface area contributed by atoms with Gasteiger partial charge in [-0.2, -0.15) is 0 Å². The molecule has 0 aliphatic heterocycles. The van der Waals surface area contributed by atoms with Gasteiger partial charge in [-0.25, -0.2) is 4.39 Å². The number of anilines is 1. The third kappa shape index (κ3) is 2.62. The largest absolute Gasteiger partial charge is 0.507 e. The lowest BCUT2D eigenvalue weighted by atomic mass is 10.2. The highest BCUT2D eigenvalue weighted by molar-refractivity contribution is 7.15. The molecule has 0 saturated carbocycles. The Kier molecular flexibility index (Phi) is 3.52. The molecule has 18 heavy (non-hydrogen) atoms. The molecule has 0 aliphatic carbocycles. The van der Waals surface area contributed by atoms with Crippen LogP contribution in [0.2, 0.25) is 0 Å². The summed E-state index contributed by atoms with van der Waals surface area (Å²) in [4.78, 5) is 11.8. The van der Waals surface area contributed by atoms with Gasteiger partial charge in [0.2, 0.25) is 5.13 Å². The lowest BCUT2D eigenvalue weighted by molar-refractivity contribution is 0.102. The van der Waals surface area contributed by atoms with E-state index in [4.69, 9.17) is 0 Å². The molecule has 0 spiro atoms. The van der Waals surface area contributed by atoms with Gasteiger partial charge in [0, 0.05) is 6.07 Å². The summed E-state index contributed by atoms with van der Waals surface area (Å²) >= 11 is 1.26. The molecule has 0 radical (unpaired) electrons. The Morgan fingerprint density at radius 1 is 1.50 bits per heavy atom. The van der Waals surface area contributed by atoms with Crippen molar-refractivity contribution >= 4 is 22.4 Å². The molecule has 7 heteroatoms. The number of phenolic OH excluding ortho intramolecular Hbond substituents is 1. The highest BCUT2D eigenvalue weighted by Gasteiger charge is 2.14. The first-order valence-electron chi connectivity index (χ1n) is 5.22. The van der Waals surface area contributed by atoms with Gasteiger partial charge >= 0.3 is 0 Å². The van der Waals surface area contributed by atoms with Gasteiger partial charge in [-0.3, -0.25) is 10.1 Å². The van der Waals surface area contributed by atoms with Gasteiger partial charge in [0.05, 0.1) is 5.56 Å². The number of phenols is 1. The Morgan fingerprint density at radius 3 is 2.89 bits per heavy atom. The molecule has 2 N–H and O–H groups in total. The highest BCUT2D eigenvalue weighted by atomic mass is 32.1. The van der Waals surface area contributed by atoms with E-state index >= 15 is 0 Å². The molecule has 5 nitrogen and oxygen atoms in total. The fraction of sp³-hybridized carbons (Fsp3) is 0.182. The van der Waals surface area contributed by atoms with Crippen LogP contribution < -0.4 is 5.32 Å². The fourth-order valence-electron chi connectivity index (χ4n) is 1.31. The predicted molar refractivity (Wildman–Crippen MR) is 65.3 cm³/mol. The van der Waals surface area contributed by atoms with Crippen molar-refractivity contribution in [1.82, 2.24) is 10.2 Å². The van der Waals surface area contributed by atoms with Crippen molar-refractivity contribution in [2.24, 2.45) is 0 Å². The van der Waals surface area contributed by atoms with Gasteiger partial charge in [-0.15, -0.1) is 10.2 Å². The summed E-state index contributed by atoms with van der Waals surface area (Å²) in [5, 5.41) is 20.7. The second kappa shape index (κ2) is 5.09. The van der Waals surface area contributed by atoms with Gasteiger partial charge in [0.15, 0.2) is 0 Å². The lowest BCUT2D eigenvalue weighted by Gasteiger charge is -2.03. The zero-order valence-corrected chi connectivity index (χ0v) is 10.3. The van der Waals surface area contributed by atoms with Crippen LogP contribution in [0, 0.1) is 5.82 Å². The number of carbonyl (C=O) groups excluding carboxylic acids is 1. The van der Waals surface area contributed by atoms with Crippen LogP contribution >= 0.6 is 11.3 Å². The number of aromatic hydroxyl groups is 1. The molecule has 94 valence electrons. The van der Waals surface area contributed by atoms with E-state index in [1.54, 1.807) is 0 Å². The maximum absolute atomic E-state index is 12.8. The number of hydrogen-bond acceptors (Lipinski definition) is 5. The summed E-state index contributed by atoms with van der Waals surface area (Å²) in [5.41, 5.74) is -0.00958. The Morgan fingerprint density at radius 2 is 2.28 bits per heavy atom. The molecule has 1 aromatic heterocycles. The van der Waals surface area contributed by atoms with Crippen LogP contribution in [-0.2, 0) is 6.42 Å². The number of rotatable bonds is 3. The number of benzene rings is 1. The summed E-state index contributed by atoms with van der Waals surface area (Å²) in [6.07, 6.45) is 0.731. The number of nitrogens with one attached hydrogen (secondary N) is 1. The number of aryl methyl sites for hydroxylation is 1. The van der Waals surface area contributed by atoms with Crippen molar-refractivity contribution in [3.05, 3.63) is 34.6 Å². The summed E-state index contributed by atoms with van der Waals surface area (Å²) in [7, 11) is 0. The molecule has 0 fully saturated rings. The molecule has 1 heterocycles. The van der Waals surface area contributed by atoms with Crippen molar-refractivity contribution in [3.63, 3.8) is 0 Å². The normalized spacial score (nSPS) is 10.3. The molecule has 1 amide bonds. The van der Waals surface area contributed by atoms with Crippen molar-refractivity contribution in [1.29, 1.82) is 0 Å². The first kappa shape index (κ1) is 12.4. The van der Waals surface area contributed by atoms with E-state index in [2.05, 4.69) is 15.5 Å². The first-order valence-corrected chi connectivity index (χ1v) is 6.04. The fourth-order valence-corrected chi connectivity index (χ4v) is 1.98. The molecule has 2 rings (SSSR count). The van der Waals surface area contributed by atoms with E-state index < -0.39 is 17.5 Å². The standard InChI is InChI=1S/C11H10FN3O2S/c1-2-9-14-15-11(18-9)13-10(17)7-4-3-6(12)5-8(7)16/h3-5,16H,2H2,1H3,(H,13,15,17). The lowest BCUT2D eigenvalue weighted by Crippen LogP contribution is -2.12. The minimum atomic E-state index is -0.603.